The van der Waals surface area contributed by atoms with Gasteiger partial charge in [0.25, 0.3) is 0 Å². The van der Waals surface area contributed by atoms with Crippen LogP contribution in [-0.2, 0) is 9.59 Å². The molecule has 0 unspecified atom stereocenters. The second-order valence-electron chi connectivity index (χ2n) is 5.83. The number of imide groups is 1. The smallest absolute Gasteiger partial charge is 0.235 e. The van der Waals surface area contributed by atoms with Gasteiger partial charge in [-0.2, -0.15) is 0 Å². The number of hydrogen-bond acceptors (Lipinski definition) is 2. The summed E-state index contributed by atoms with van der Waals surface area (Å²) in [5.74, 6) is -0.0465. The molecule has 1 fully saturated rings. The van der Waals surface area contributed by atoms with Gasteiger partial charge in [-0.3, -0.25) is 14.5 Å². The zero-order chi connectivity index (χ0) is 11.9. The molecule has 3 heteroatoms. The van der Waals surface area contributed by atoms with Crippen molar-refractivity contribution in [1.82, 2.24) is 4.90 Å². The molecule has 1 heterocycles. The Morgan fingerprint density at radius 3 is 2.07 bits per heavy atom. The number of hydrogen-bond donors (Lipinski definition) is 0. The largest absolute Gasteiger partial charge is 0.282 e. The molecule has 0 aromatic heterocycles. The van der Waals surface area contributed by atoms with Crippen LogP contribution in [0, 0.1) is 10.8 Å². The van der Waals surface area contributed by atoms with E-state index in [2.05, 4.69) is 0 Å². The van der Waals surface area contributed by atoms with Gasteiger partial charge >= 0.3 is 0 Å². The van der Waals surface area contributed by atoms with Crippen molar-refractivity contribution in [2.45, 2.75) is 47.5 Å². The van der Waals surface area contributed by atoms with E-state index in [4.69, 9.17) is 0 Å². The van der Waals surface area contributed by atoms with Gasteiger partial charge in [-0.1, -0.05) is 34.6 Å². The van der Waals surface area contributed by atoms with Crippen molar-refractivity contribution in [2.24, 2.45) is 10.8 Å². The van der Waals surface area contributed by atoms with E-state index in [9.17, 15) is 9.59 Å². The van der Waals surface area contributed by atoms with Gasteiger partial charge in [-0.05, 0) is 11.8 Å². The fourth-order valence-corrected chi connectivity index (χ4v) is 1.52. The molecule has 0 spiro atoms. The van der Waals surface area contributed by atoms with Gasteiger partial charge in [0.2, 0.25) is 11.8 Å². The van der Waals surface area contributed by atoms with Crippen LogP contribution < -0.4 is 0 Å². The molecular weight excluding hydrogens is 190 g/mol. The van der Waals surface area contributed by atoms with Crippen molar-refractivity contribution in [3.63, 3.8) is 0 Å². The number of amides is 2. The lowest BCUT2D eigenvalue weighted by molar-refractivity contribution is -0.152. The van der Waals surface area contributed by atoms with Crippen LogP contribution in [0.2, 0.25) is 0 Å². The molecular formula is C12H21NO2. The van der Waals surface area contributed by atoms with E-state index in [0.29, 0.717) is 13.0 Å². The number of carbonyl (C=O) groups excluding carboxylic acids is 2. The summed E-state index contributed by atoms with van der Waals surface area (Å²) in [4.78, 5) is 25.1. The van der Waals surface area contributed by atoms with Crippen molar-refractivity contribution >= 4 is 11.8 Å². The van der Waals surface area contributed by atoms with Gasteiger partial charge in [0.05, 0.1) is 0 Å². The van der Waals surface area contributed by atoms with Crippen molar-refractivity contribution in [2.75, 3.05) is 6.54 Å². The molecule has 0 N–H and O–H groups in total. The lowest BCUT2D eigenvalue weighted by atomic mass is 9.68. The van der Waals surface area contributed by atoms with Crippen molar-refractivity contribution in [3.05, 3.63) is 0 Å². The van der Waals surface area contributed by atoms with Gasteiger partial charge in [-0.15, -0.1) is 0 Å². The first-order valence-corrected chi connectivity index (χ1v) is 5.53. The Balaban J connectivity index is 2.89. The van der Waals surface area contributed by atoms with Crippen LogP contribution in [0.25, 0.3) is 0 Å². The third-order valence-electron chi connectivity index (χ3n) is 3.73. The summed E-state index contributed by atoms with van der Waals surface area (Å²) >= 11 is 0. The molecule has 0 bridgehead atoms. The predicted octanol–water partition coefficient (Wildman–Crippen LogP) is 2.21. The van der Waals surface area contributed by atoms with Gasteiger partial charge in [0, 0.05) is 18.4 Å². The highest BCUT2D eigenvalue weighted by Crippen LogP contribution is 2.40. The first kappa shape index (κ1) is 12.2. The van der Waals surface area contributed by atoms with Gasteiger partial charge in [-0.25, -0.2) is 0 Å². The molecule has 0 saturated carbocycles. The molecule has 2 amide bonds. The normalized spacial score (nSPS) is 18.5. The summed E-state index contributed by atoms with van der Waals surface area (Å²) in [5, 5.41) is 0. The molecule has 0 aromatic carbocycles. The number of nitrogens with zero attached hydrogens (tertiary/aromatic N) is 1. The highest BCUT2D eigenvalue weighted by atomic mass is 16.2. The molecule has 1 aliphatic heterocycles. The Bertz CT molecular complexity index is 286. The average Bonchev–Trinajstić information content (AvgIpc) is 2.48. The van der Waals surface area contributed by atoms with Crippen LogP contribution in [0.3, 0.4) is 0 Å². The SMILES string of the molecule is CC(C)(C)C(C)(C)C(=O)N1CCCC1=O. The number of likely N-dealkylation sites (tertiary alicyclic amines) is 1. The van der Waals surface area contributed by atoms with Crippen LogP contribution in [0.15, 0.2) is 0 Å². The van der Waals surface area contributed by atoms with Crippen molar-refractivity contribution < 1.29 is 9.59 Å². The van der Waals surface area contributed by atoms with E-state index < -0.39 is 5.41 Å². The molecule has 0 radical (unpaired) electrons. The summed E-state index contributed by atoms with van der Waals surface area (Å²) in [5.41, 5.74) is -0.625. The topological polar surface area (TPSA) is 37.4 Å². The first-order valence-electron chi connectivity index (χ1n) is 5.53. The maximum atomic E-state index is 12.2. The van der Waals surface area contributed by atoms with Crippen LogP contribution in [-0.4, -0.2) is 23.3 Å². The zero-order valence-corrected chi connectivity index (χ0v) is 10.4. The van der Waals surface area contributed by atoms with E-state index >= 15 is 0 Å². The Labute approximate surface area is 91.8 Å². The summed E-state index contributed by atoms with van der Waals surface area (Å²) in [6, 6.07) is 0. The highest BCUT2D eigenvalue weighted by molar-refractivity contribution is 5.99. The predicted molar refractivity (Wildman–Crippen MR) is 59.2 cm³/mol. The second kappa shape index (κ2) is 3.62. The Hall–Kier alpha value is -0.860. The highest BCUT2D eigenvalue weighted by Gasteiger charge is 2.44. The minimum Gasteiger partial charge on any atom is -0.282 e. The Kier molecular flexibility index (Phi) is 2.94. The van der Waals surface area contributed by atoms with E-state index in [0.717, 1.165) is 6.42 Å². The standard InChI is InChI=1S/C12H21NO2/c1-11(2,3)12(4,5)10(15)13-8-6-7-9(13)14/h6-8H2,1-5H3. The maximum Gasteiger partial charge on any atom is 0.235 e. The summed E-state index contributed by atoms with van der Waals surface area (Å²) in [6.45, 7) is 10.5. The van der Waals surface area contributed by atoms with Crippen LogP contribution >= 0.6 is 0 Å². The van der Waals surface area contributed by atoms with Gasteiger partial charge < -0.3 is 0 Å². The first-order chi connectivity index (χ1) is 6.68. The molecule has 1 rings (SSSR count). The van der Waals surface area contributed by atoms with Crippen molar-refractivity contribution in [1.29, 1.82) is 0 Å². The molecule has 0 aromatic rings. The second-order valence-corrected chi connectivity index (χ2v) is 5.83. The Morgan fingerprint density at radius 2 is 1.73 bits per heavy atom. The lowest BCUT2D eigenvalue weighted by Gasteiger charge is -2.39. The third-order valence-corrected chi connectivity index (χ3v) is 3.73. The quantitative estimate of drug-likeness (QED) is 0.667. The molecule has 1 saturated heterocycles. The summed E-state index contributed by atoms with van der Waals surface area (Å²) < 4.78 is 0. The summed E-state index contributed by atoms with van der Waals surface area (Å²) in [6.07, 6.45) is 1.33. The lowest BCUT2D eigenvalue weighted by Crippen LogP contribution is -2.47. The van der Waals surface area contributed by atoms with Crippen LogP contribution in [0.4, 0.5) is 0 Å². The summed E-state index contributed by atoms with van der Waals surface area (Å²) in [7, 11) is 0. The van der Waals surface area contributed by atoms with Gasteiger partial charge in [0.15, 0.2) is 0 Å². The van der Waals surface area contributed by atoms with E-state index in [1.54, 1.807) is 0 Å². The maximum absolute atomic E-state index is 12.2. The molecule has 1 aliphatic rings. The van der Waals surface area contributed by atoms with E-state index in [-0.39, 0.29) is 17.2 Å². The third kappa shape index (κ3) is 2.06. The molecule has 0 aliphatic carbocycles. The van der Waals surface area contributed by atoms with Crippen LogP contribution in [0.5, 0.6) is 0 Å². The molecule has 3 nitrogen and oxygen atoms in total. The monoisotopic (exact) mass is 211 g/mol. The number of carbonyl (C=O) groups is 2. The molecule has 86 valence electrons. The average molecular weight is 211 g/mol. The van der Waals surface area contributed by atoms with E-state index in [1.165, 1.54) is 4.90 Å². The molecule has 15 heavy (non-hydrogen) atoms. The van der Waals surface area contributed by atoms with Gasteiger partial charge in [0.1, 0.15) is 0 Å². The minimum atomic E-state index is -0.493. The minimum absolute atomic E-state index is 0.0164. The van der Waals surface area contributed by atoms with E-state index in [1.807, 2.05) is 34.6 Å². The van der Waals surface area contributed by atoms with Crippen molar-refractivity contribution in [3.8, 4) is 0 Å². The number of rotatable bonds is 1. The fourth-order valence-electron chi connectivity index (χ4n) is 1.52. The Morgan fingerprint density at radius 1 is 1.20 bits per heavy atom. The van der Waals surface area contributed by atoms with Crippen LogP contribution in [0.1, 0.15) is 47.5 Å². The zero-order valence-electron chi connectivity index (χ0n) is 10.4. The fraction of sp³-hybridized carbons (Fsp3) is 0.833. The molecule has 0 atom stereocenters.